The predicted octanol–water partition coefficient (Wildman–Crippen LogP) is 3.85. The standard InChI is InChI=1S/C17H24O/c1-3-5-6-7-8-9-10-11-12-13-14-15-16-17(18)4-2/h4,9-10,17-18H,2-3,5-8,11,16H2,1H3/b10-9-. The molecule has 1 N–H and O–H groups in total. The normalized spacial score (nSPS) is 11.2. The lowest BCUT2D eigenvalue weighted by atomic mass is 10.1. The minimum atomic E-state index is -0.540. The maximum atomic E-state index is 9.14. The van der Waals surface area contributed by atoms with Crippen molar-refractivity contribution in [2.45, 2.75) is 58.0 Å². The van der Waals surface area contributed by atoms with Gasteiger partial charge in [0.2, 0.25) is 0 Å². The van der Waals surface area contributed by atoms with Crippen LogP contribution in [0, 0.1) is 23.7 Å². The van der Waals surface area contributed by atoms with Crippen LogP contribution in [0.15, 0.2) is 24.8 Å². The minimum absolute atomic E-state index is 0.408. The molecule has 0 bridgehead atoms. The van der Waals surface area contributed by atoms with Crippen LogP contribution in [0.4, 0.5) is 0 Å². The van der Waals surface area contributed by atoms with Crippen LogP contribution in [-0.4, -0.2) is 11.2 Å². The molecule has 0 aliphatic carbocycles. The summed E-state index contributed by atoms with van der Waals surface area (Å²) < 4.78 is 0. The average Bonchev–Trinajstić information content (AvgIpc) is 2.39. The molecule has 18 heavy (non-hydrogen) atoms. The molecule has 1 nitrogen and oxygen atoms in total. The van der Waals surface area contributed by atoms with Crippen LogP contribution < -0.4 is 0 Å². The SMILES string of the molecule is C=CC(O)CC#CC#CC/C=C\CCCCCC. The lowest BCUT2D eigenvalue weighted by Crippen LogP contribution is -1.97. The summed E-state index contributed by atoms with van der Waals surface area (Å²) in [5.41, 5.74) is 0. The number of unbranched alkanes of at least 4 members (excludes halogenated alkanes) is 4. The van der Waals surface area contributed by atoms with Crippen molar-refractivity contribution in [3.63, 3.8) is 0 Å². The molecule has 0 radical (unpaired) electrons. The Morgan fingerprint density at radius 3 is 2.61 bits per heavy atom. The Morgan fingerprint density at radius 2 is 1.89 bits per heavy atom. The number of rotatable bonds is 8. The highest BCUT2D eigenvalue weighted by atomic mass is 16.3. The summed E-state index contributed by atoms with van der Waals surface area (Å²) in [5.74, 6) is 11.2. The summed E-state index contributed by atoms with van der Waals surface area (Å²) in [4.78, 5) is 0. The van der Waals surface area contributed by atoms with Crippen LogP contribution in [0.3, 0.4) is 0 Å². The zero-order valence-corrected chi connectivity index (χ0v) is 11.4. The Bertz CT molecular complexity index is 343. The Morgan fingerprint density at radius 1 is 1.11 bits per heavy atom. The molecule has 0 aliphatic rings. The molecule has 0 fully saturated rings. The van der Waals surface area contributed by atoms with Gasteiger partial charge in [-0.3, -0.25) is 0 Å². The van der Waals surface area contributed by atoms with Gasteiger partial charge in [0.25, 0.3) is 0 Å². The molecule has 1 atom stereocenters. The highest BCUT2D eigenvalue weighted by Crippen LogP contribution is 2.02. The summed E-state index contributed by atoms with van der Waals surface area (Å²) in [6.07, 6.45) is 12.8. The second kappa shape index (κ2) is 13.6. The number of aliphatic hydroxyl groups excluding tert-OH is 1. The van der Waals surface area contributed by atoms with Crippen molar-refractivity contribution >= 4 is 0 Å². The molecule has 1 heteroatoms. The highest BCUT2D eigenvalue weighted by molar-refractivity contribution is 5.27. The van der Waals surface area contributed by atoms with E-state index in [1.165, 1.54) is 31.8 Å². The van der Waals surface area contributed by atoms with Gasteiger partial charge in [-0.05, 0) is 24.7 Å². The summed E-state index contributed by atoms with van der Waals surface area (Å²) in [7, 11) is 0. The molecular weight excluding hydrogens is 220 g/mol. The maximum Gasteiger partial charge on any atom is 0.0827 e. The lowest BCUT2D eigenvalue weighted by Gasteiger charge is -1.93. The molecule has 0 aromatic rings. The van der Waals surface area contributed by atoms with E-state index in [-0.39, 0.29) is 0 Å². The second-order valence-corrected chi connectivity index (χ2v) is 4.14. The quantitative estimate of drug-likeness (QED) is 0.391. The Hall–Kier alpha value is -1.44. The Balaban J connectivity index is 3.53. The van der Waals surface area contributed by atoms with Crippen LogP contribution in [0.5, 0.6) is 0 Å². The van der Waals surface area contributed by atoms with Gasteiger partial charge in [-0.25, -0.2) is 0 Å². The van der Waals surface area contributed by atoms with E-state index in [0.717, 1.165) is 12.8 Å². The minimum Gasteiger partial charge on any atom is -0.388 e. The topological polar surface area (TPSA) is 20.2 Å². The molecule has 1 unspecified atom stereocenters. The first kappa shape index (κ1) is 16.6. The van der Waals surface area contributed by atoms with Crippen LogP contribution >= 0.6 is 0 Å². The Kier molecular flexibility index (Phi) is 12.5. The van der Waals surface area contributed by atoms with Gasteiger partial charge in [-0.15, -0.1) is 6.58 Å². The van der Waals surface area contributed by atoms with Crippen LogP contribution in [0.1, 0.15) is 51.9 Å². The van der Waals surface area contributed by atoms with E-state index in [0.29, 0.717) is 6.42 Å². The number of allylic oxidation sites excluding steroid dienone is 2. The molecule has 0 saturated heterocycles. The molecule has 0 rings (SSSR count). The maximum absolute atomic E-state index is 9.14. The van der Waals surface area contributed by atoms with Crippen molar-refractivity contribution in [1.29, 1.82) is 0 Å². The van der Waals surface area contributed by atoms with E-state index in [9.17, 15) is 0 Å². The molecule has 0 aromatic heterocycles. The number of aliphatic hydroxyl groups is 1. The van der Waals surface area contributed by atoms with Gasteiger partial charge in [-0.1, -0.05) is 56.3 Å². The van der Waals surface area contributed by atoms with E-state index >= 15 is 0 Å². The van der Waals surface area contributed by atoms with Crippen molar-refractivity contribution in [2.24, 2.45) is 0 Å². The van der Waals surface area contributed by atoms with Gasteiger partial charge in [-0.2, -0.15) is 0 Å². The Labute approximate surface area is 112 Å². The molecule has 0 saturated carbocycles. The predicted molar refractivity (Wildman–Crippen MR) is 78.9 cm³/mol. The highest BCUT2D eigenvalue weighted by Gasteiger charge is 1.90. The molecule has 0 spiro atoms. The summed E-state index contributed by atoms with van der Waals surface area (Å²) in [5, 5.41) is 9.14. The van der Waals surface area contributed by atoms with E-state index in [4.69, 9.17) is 5.11 Å². The van der Waals surface area contributed by atoms with Crippen molar-refractivity contribution < 1.29 is 5.11 Å². The smallest absolute Gasteiger partial charge is 0.0827 e. The molecule has 0 heterocycles. The van der Waals surface area contributed by atoms with Gasteiger partial charge in [0, 0.05) is 12.8 Å². The van der Waals surface area contributed by atoms with Crippen LogP contribution in [-0.2, 0) is 0 Å². The zero-order chi connectivity index (χ0) is 13.5. The van der Waals surface area contributed by atoms with E-state index in [1.54, 1.807) is 0 Å². The first-order valence-corrected chi connectivity index (χ1v) is 6.72. The second-order valence-electron chi connectivity index (χ2n) is 4.14. The molecular formula is C17H24O. The third-order valence-corrected chi connectivity index (χ3v) is 2.43. The fraction of sp³-hybridized carbons (Fsp3) is 0.529. The van der Waals surface area contributed by atoms with E-state index in [1.807, 2.05) is 0 Å². The lowest BCUT2D eigenvalue weighted by molar-refractivity contribution is 0.230. The third-order valence-electron chi connectivity index (χ3n) is 2.43. The molecule has 98 valence electrons. The summed E-state index contributed by atoms with van der Waals surface area (Å²) >= 11 is 0. The van der Waals surface area contributed by atoms with Crippen molar-refractivity contribution in [3.05, 3.63) is 24.8 Å². The molecule has 0 aliphatic heterocycles. The number of hydrogen-bond donors (Lipinski definition) is 1. The fourth-order valence-electron chi connectivity index (χ4n) is 1.33. The van der Waals surface area contributed by atoms with Crippen molar-refractivity contribution in [2.75, 3.05) is 0 Å². The third kappa shape index (κ3) is 12.6. The van der Waals surface area contributed by atoms with Gasteiger partial charge < -0.3 is 5.11 Å². The first-order valence-electron chi connectivity index (χ1n) is 6.72. The summed E-state index contributed by atoms with van der Waals surface area (Å²) in [6, 6.07) is 0. The molecule has 0 aromatic carbocycles. The van der Waals surface area contributed by atoms with E-state index in [2.05, 4.69) is 49.3 Å². The number of hydrogen-bond acceptors (Lipinski definition) is 1. The monoisotopic (exact) mass is 244 g/mol. The zero-order valence-electron chi connectivity index (χ0n) is 11.4. The first-order chi connectivity index (χ1) is 8.81. The van der Waals surface area contributed by atoms with Gasteiger partial charge in [0.05, 0.1) is 6.10 Å². The van der Waals surface area contributed by atoms with Gasteiger partial charge in [0.15, 0.2) is 0 Å². The van der Waals surface area contributed by atoms with Crippen molar-refractivity contribution in [1.82, 2.24) is 0 Å². The fourth-order valence-corrected chi connectivity index (χ4v) is 1.33. The van der Waals surface area contributed by atoms with Gasteiger partial charge in [0.1, 0.15) is 0 Å². The average molecular weight is 244 g/mol. The summed E-state index contributed by atoms with van der Waals surface area (Å²) in [6.45, 7) is 5.70. The largest absolute Gasteiger partial charge is 0.388 e. The van der Waals surface area contributed by atoms with E-state index < -0.39 is 6.10 Å². The van der Waals surface area contributed by atoms with Crippen LogP contribution in [0.25, 0.3) is 0 Å². The van der Waals surface area contributed by atoms with Crippen molar-refractivity contribution in [3.8, 4) is 23.7 Å². The van der Waals surface area contributed by atoms with Gasteiger partial charge >= 0.3 is 0 Å². The molecule has 0 amide bonds. The van der Waals surface area contributed by atoms with Crippen LogP contribution in [0.2, 0.25) is 0 Å².